The number of nitrogens with one attached hydrogen (secondary N) is 5. The fourth-order valence-electron chi connectivity index (χ4n) is 4.40. The van der Waals surface area contributed by atoms with Gasteiger partial charge in [0.1, 0.15) is 24.7 Å². The molecule has 0 spiro atoms. The van der Waals surface area contributed by atoms with Crippen LogP contribution in [0.1, 0.15) is 51.2 Å². The summed E-state index contributed by atoms with van der Waals surface area (Å²) >= 11 is 0. The number of aldehydes is 2. The second-order valence-electron chi connectivity index (χ2n) is 11.8. The molecular formula is C38H59N7O5. The minimum atomic E-state index is -0.926. The van der Waals surface area contributed by atoms with Gasteiger partial charge < -0.3 is 42.8 Å². The summed E-state index contributed by atoms with van der Waals surface area (Å²) in [6.07, 6.45) is 9.87. The van der Waals surface area contributed by atoms with E-state index in [1.807, 2.05) is 94.7 Å². The Labute approximate surface area is 298 Å². The molecule has 0 saturated heterocycles. The maximum absolute atomic E-state index is 13.2. The number of hydrogen-bond donors (Lipinski definition) is 7. The van der Waals surface area contributed by atoms with Crippen LogP contribution in [-0.4, -0.2) is 82.1 Å². The molecule has 3 atom stereocenters. The first-order valence-electron chi connectivity index (χ1n) is 17.0. The normalized spacial score (nSPS) is 12.6. The summed E-state index contributed by atoms with van der Waals surface area (Å²) in [5, 5.41) is 13.8. The molecule has 0 fully saturated rings. The van der Waals surface area contributed by atoms with E-state index in [0.717, 1.165) is 29.5 Å². The molecule has 0 bridgehead atoms. The third-order valence-electron chi connectivity index (χ3n) is 6.94. The van der Waals surface area contributed by atoms with E-state index in [2.05, 4.69) is 33.5 Å². The summed E-state index contributed by atoms with van der Waals surface area (Å²) in [5.41, 5.74) is 14.0. The van der Waals surface area contributed by atoms with Gasteiger partial charge in [-0.15, -0.1) is 0 Å². The van der Waals surface area contributed by atoms with Crippen molar-refractivity contribution in [2.24, 2.45) is 17.4 Å². The number of nitrogens with two attached hydrogens (primary N) is 2. The average Bonchev–Trinajstić information content (AvgIpc) is 3.10. The first kappa shape index (κ1) is 45.3. The van der Waals surface area contributed by atoms with Gasteiger partial charge in [0.25, 0.3) is 0 Å². The molecule has 2 rings (SSSR count). The molecule has 276 valence electrons. The quantitative estimate of drug-likeness (QED) is 0.0616. The number of carbonyl (C=O) groups excluding carboxylic acids is 5. The zero-order valence-electron chi connectivity index (χ0n) is 30.3. The Hall–Kier alpha value is -4.65. The molecule has 0 aliphatic heterocycles. The Bertz CT molecular complexity index is 1280. The van der Waals surface area contributed by atoms with E-state index in [4.69, 9.17) is 11.5 Å². The van der Waals surface area contributed by atoms with Crippen molar-refractivity contribution in [1.29, 1.82) is 0 Å². The minimum Gasteiger partial charge on any atom is -0.394 e. The maximum Gasteiger partial charge on any atom is 0.243 e. The highest BCUT2D eigenvalue weighted by Crippen LogP contribution is 2.09. The summed E-state index contributed by atoms with van der Waals surface area (Å²) in [6, 6.07) is 16.1. The van der Waals surface area contributed by atoms with Crippen LogP contribution in [-0.2, 0) is 36.8 Å². The van der Waals surface area contributed by atoms with Crippen LogP contribution >= 0.6 is 0 Å². The lowest BCUT2D eigenvalue weighted by atomic mass is 10.0. The predicted octanol–water partition coefficient (Wildman–Crippen LogP) is 1.94. The summed E-state index contributed by atoms with van der Waals surface area (Å²) in [6.45, 7) is 7.40. The van der Waals surface area contributed by atoms with Crippen LogP contribution in [0.15, 0.2) is 84.6 Å². The van der Waals surface area contributed by atoms with Crippen molar-refractivity contribution < 1.29 is 24.0 Å². The molecule has 12 heteroatoms. The van der Waals surface area contributed by atoms with Gasteiger partial charge in [-0.3, -0.25) is 19.2 Å². The Kier molecular flexibility index (Phi) is 26.6. The van der Waals surface area contributed by atoms with Crippen LogP contribution in [0, 0.1) is 5.92 Å². The van der Waals surface area contributed by atoms with Gasteiger partial charge >= 0.3 is 0 Å². The number of unbranched alkanes of at least 4 members (excludes halogenated alkanes) is 1. The van der Waals surface area contributed by atoms with E-state index in [1.54, 1.807) is 6.20 Å². The molecule has 0 heterocycles. The minimum absolute atomic E-state index is 0.119. The molecule has 0 saturated carbocycles. The summed E-state index contributed by atoms with van der Waals surface area (Å²) in [4.78, 5) is 59.3. The Morgan fingerprint density at radius 1 is 0.820 bits per heavy atom. The van der Waals surface area contributed by atoms with Crippen LogP contribution in [0.4, 0.5) is 0 Å². The number of carbonyl (C=O) groups is 5. The monoisotopic (exact) mass is 693 g/mol. The molecule has 2 aromatic carbocycles. The summed E-state index contributed by atoms with van der Waals surface area (Å²) in [5.74, 6) is -1.27. The molecule has 12 nitrogen and oxygen atoms in total. The van der Waals surface area contributed by atoms with E-state index >= 15 is 0 Å². The molecule has 0 aliphatic carbocycles. The molecule has 0 radical (unpaired) electrons. The van der Waals surface area contributed by atoms with Gasteiger partial charge in [0.2, 0.25) is 17.7 Å². The van der Waals surface area contributed by atoms with Crippen molar-refractivity contribution in [3.05, 3.63) is 95.7 Å². The lowest BCUT2D eigenvalue weighted by Gasteiger charge is -2.25. The van der Waals surface area contributed by atoms with E-state index in [9.17, 15) is 24.0 Å². The van der Waals surface area contributed by atoms with Crippen molar-refractivity contribution in [2.45, 2.75) is 71.0 Å². The molecule has 9 N–H and O–H groups in total. The SMILES string of the molecule is CC(C)CC(NC(=O)[C@@H](Cc1ccccc1)NC(=O)C(N)Cc1ccccc1)C(=O)NCC=O.CCCCN.CN/C=C\C(=C/C=O)CNC. The van der Waals surface area contributed by atoms with Gasteiger partial charge in [-0.05, 0) is 73.8 Å². The van der Waals surface area contributed by atoms with Gasteiger partial charge in [-0.25, -0.2) is 0 Å². The van der Waals surface area contributed by atoms with Gasteiger partial charge in [0.05, 0.1) is 12.6 Å². The number of benzene rings is 2. The van der Waals surface area contributed by atoms with Gasteiger partial charge in [0.15, 0.2) is 0 Å². The zero-order valence-corrected chi connectivity index (χ0v) is 30.3. The van der Waals surface area contributed by atoms with Crippen LogP contribution in [0.5, 0.6) is 0 Å². The highest BCUT2D eigenvalue weighted by molar-refractivity contribution is 5.93. The van der Waals surface area contributed by atoms with E-state index in [0.29, 0.717) is 25.7 Å². The number of rotatable bonds is 20. The number of likely N-dealkylation sites (N-methyl/N-ethyl adjacent to an activating group) is 1. The first-order valence-corrected chi connectivity index (χ1v) is 17.0. The van der Waals surface area contributed by atoms with Crippen LogP contribution in [0.25, 0.3) is 0 Å². The molecule has 50 heavy (non-hydrogen) atoms. The van der Waals surface area contributed by atoms with Crippen molar-refractivity contribution in [3.63, 3.8) is 0 Å². The first-order chi connectivity index (χ1) is 24.1. The molecule has 2 aromatic rings. The highest BCUT2D eigenvalue weighted by atomic mass is 16.2. The van der Waals surface area contributed by atoms with Crippen molar-refractivity contribution in [3.8, 4) is 0 Å². The predicted molar refractivity (Wildman–Crippen MR) is 201 cm³/mol. The molecule has 0 aliphatic rings. The number of amides is 3. The molecule has 0 aromatic heterocycles. The number of allylic oxidation sites excluding steroid dienone is 1. The molecule has 3 amide bonds. The largest absolute Gasteiger partial charge is 0.394 e. The van der Waals surface area contributed by atoms with Crippen LogP contribution < -0.4 is 38.1 Å². The highest BCUT2D eigenvalue weighted by Gasteiger charge is 2.28. The number of hydrogen-bond acceptors (Lipinski definition) is 9. The van der Waals surface area contributed by atoms with Gasteiger partial charge in [0, 0.05) is 20.0 Å². The van der Waals surface area contributed by atoms with Crippen molar-refractivity contribution in [2.75, 3.05) is 33.7 Å². The Balaban J connectivity index is 0.00000124. The van der Waals surface area contributed by atoms with Crippen molar-refractivity contribution in [1.82, 2.24) is 26.6 Å². The van der Waals surface area contributed by atoms with E-state index < -0.39 is 35.8 Å². The van der Waals surface area contributed by atoms with Gasteiger partial charge in [-0.2, -0.15) is 0 Å². The summed E-state index contributed by atoms with van der Waals surface area (Å²) < 4.78 is 0. The molecular weight excluding hydrogens is 634 g/mol. The molecule has 2 unspecified atom stereocenters. The fourth-order valence-corrected chi connectivity index (χ4v) is 4.40. The lowest BCUT2D eigenvalue weighted by Crippen LogP contribution is -2.57. The van der Waals surface area contributed by atoms with Crippen molar-refractivity contribution >= 4 is 30.3 Å². The third kappa shape index (κ3) is 22.1. The van der Waals surface area contributed by atoms with Crippen LogP contribution in [0.2, 0.25) is 0 Å². The maximum atomic E-state index is 13.2. The Morgan fingerprint density at radius 2 is 1.40 bits per heavy atom. The van der Waals surface area contributed by atoms with Crippen LogP contribution in [0.3, 0.4) is 0 Å². The average molecular weight is 694 g/mol. The Morgan fingerprint density at radius 3 is 1.86 bits per heavy atom. The standard InChI is InChI=1S/C26H34N4O4.C8H14N2O.C4H11N/c1-18(2)15-22(25(33)28-13-14-31)30-26(34)23(17-20-11-7-4-8-12-20)29-24(32)21(27)16-19-9-5-3-6-10-19;1-9-5-3-8(4-6-11)7-10-2;1-2-3-4-5/h3-12,14,18,21-23H,13,15-17,27H2,1-2H3,(H,28,33)(H,29,32)(H,30,34);3-6,9-10H,7H2,1-2H3;2-5H2,1H3/b;5-3-,8-4+;/t21?,22?,23-;;/m1../s1. The second kappa shape index (κ2) is 29.3. The van der Waals surface area contributed by atoms with E-state index in [1.165, 1.54) is 18.9 Å². The van der Waals surface area contributed by atoms with E-state index in [-0.39, 0.29) is 18.9 Å². The zero-order chi connectivity index (χ0) is 37.6. The topological polar surface area (TPSA) is 198 Å². The third-order valence-corrected chi connectivity index (χ3v) is 6.94. The lowest BCUT2D eigenvalue weighted by molar-refractivity contribution is -0.132. The smallest absolute Gasteiger partial charge is 0.243 e. The second-order valence-corrected chi connectivity index (χ2v) is 11.8. The summed E-state index contributed by atoms with van der Waals surface area (Å²) in [7, 11) is 3.65. The van der Waals surface area contributed by atoms with Gasteiger partial charge in [-0.1, -0.05) is 87.9 Å². The fraction of sp³-hybridized carbons (Fsp3) is 0.447.